The Hall–Kier alpha value is -1.96. The van der Waals surface area contributed by atoms with Crippen LogP contribution in [0, 0.1) is 19.8 Å². The summed E-state index contributed by atoms with van der Waals surface area (Å²) in [5.74, 6) is 1.03. The smallest absolute Gasteiger partial charge is 0.119 e. The third-order valence-corrected chi connectivity index (χ3v) is 4.31. The maximum absolute atomic E-state index is 10.5. The maximum atomic E-state index is 10.5. The zero-order valence-corrected chi connectivity index (χ0v) is 14.1. The van der Waals surface area contributed by atoms with Crippen molar-refractivity contribution in [1.29, 1.82) is 0 Å². The van der Waals surface area contributed by atoms with Gasteiger partial charge in [-0.05, 0) is 49.4 Å². The summed E-state index contributed by atoms with van der Waals surface area (Å²) in [4.78, 5) is 0. The molecule has 2 N–H and O–H groups in total. The summed E-state index contributed by atoms with van der Waals surface area (Å²) in [6.07, 6.45) is 0.847. The first kappa shape index (κ1) is 16.4. The van der Waals surface area contributed by atoms with Crippen molar-refractivity contribution in [2.24, 2.45) is 5.92 Å². The lowest BCUT2D eigenvalue weighted by atomic mass is 9.70. The van der Waals surface area contributed by atoms with Gasteiger partial charge >= 0.3 is 0 Å². The molecule has 0 spiro atoms. The summed E-state index contributed by atoms with van der Waals surface area (Å²) in [5, 5.41) is 20.9. The molecule has 2 rings (SSSR count). The first-order chi connectivity index (χ1) is 10.2. The molecule has 118 valence electrons. The van der Waals surface area contributed by atoms with E-state index in [-0.39, 0.29) is 0 Å². The maximum Gasteiger partial charge on any atom is 0.119 e. The van der Waals surface area contributed by atoms with E-state index < -0.39 is 5.41 Å². The Morgan fingerprint density at radius 2 is 1.27 bits per heavy atom. The summed E-state index contributed by atoms with van der Waals surface area (Å²) in [6.45, 7) is 10.4. The van der Waals surface area contributed by atoms with Gasteiger partial charge in [0.2, 0.25) is 0 Å². The van der Waals surface area contributed by atoms with Crippen molar-refractivity contribution in [2.45, 2.75) is 46.5 Å². The van der Waals surface area contributed by atoms with E-state index in [1.165, 1.54) is 0 Å². The van der Waals surface area contributed by atoms with Crippen LogP contribution in [-0.2, 0) is 5.41 Å². The Morgan fingerprint density at radius 1 is 0.864 bits per heavy atom. The number of aryl methyl sites for hydroxylation is 2. The highest BCUT2D eigenvalue weighted by Crippen LogP contribution is 2.45. The van der Waals surface area contributed by atoms with Crippen molar-refractivity contribution in [1.82, 2.24) is 0 Å². The van der Waals surface area contributed by atoms with Gasteiger partial charge < -0.3 is 10.2 Å². The van der Waals surface area contributed by atoms with Crippen molar-refractivity contribution in [2.75, 3.05) is 0 Å². The van der Waals surface area contributed by atoms with E-state index in [1.54, 1.807) is 12.1 Å². The molecule has 22 heavy (non-hydrogen) atoms. The van der Waals surface area contributed by atoms with Crippen molar-refractivity contribution < 1.29 is 10.2 Å². The van der Waals surface area contributed by atoms with Crippen LogP contribution in [0.5, 0.6) is 11.5 Å². The molecular weight excluding hydrogens is 272 g/mol. The van der Waals surface area contributed by atoms with Gasteiger partial charge in [0, 0.05) is 16.5 Å². The number of hydrogen-bond acceptors (Lipinski definition) is 2. The molecule has 0 saturated carbocycles. The van der Waals surface area contributed by atoms with Gasteiger partial charge in [-0.15, -0.1) is 0 Å². The van der Waals surface area contributed by atoms with Crippen molar-refractivity contribution >= 4 is 0 Å². The summed E-state index contributed by atoms with van der Waals surface area (Å²) in [6, 6.07) is 11.6. The highest BCUT2D eigenvalue weighted by atomic mass is 16.3. The zero-order valence-electron chi connectivity index (χ0n) is 14.1. The molecule has 0 atom stereocenters. The molecule has 0 aliphatic heterocycles. The third kappa shape index (κ3) is 3.11. The second-order valence-electron chi connectivity index (χ2n) is 6.97. The van der Waals surface area contributed by atoms with Gasteiger partial charge in [0.15, 0.2) is 0 Å². The van der Waals surface area contributed by atoms with Crippen molar-refractivity contribution in [3.8, 4) is 11.5 Å². The number of aromatic hydroxyl groups is 2. The first-order valence-corrected chi connectivity index (χ1v) is 7.84. The normalized spacial score (nSPS) is 11.9. The summed E-state index contributed by atoms with van der Waals surface area (Å²) in [7, 11) is 0. The van der Waals surface area contributed by atoms with Gasteiger partial charge in [-0.3, -0.25) is 0 Å². The Morgan fingerprint density at radius 3 is 1.59 bits per heavy atom. The van der Waals surface area contributed by atoms with Crippen LogP contribution < -0.4 is 0 Å². The predicted octanol–water partition coefficient (Wildman–Crippen LogP) is 5.07. The second kappa shape index (κ2) is 6.04. The fraction of sp³-hybridized carbons (Fsp3) is 0.400. The standard InChI is InChI=1S/C20H26O2/c1-13(2)12-20(5,16-8-6-14(3)10-18(16)21)17-9-7-15(4)11-19(17)22/h6-11,13,21-22H,12H2,1-5H3. The van der Waals surface area contributed by atoms with Gasteiger partial charge in [-0.2, -0.15) is 0 Å². The molecule has 0 unspecified atom stereocenters. The van der Waals surface area contributed by atoms with E-state index in [0.717, 1.165) is 28.7 Å². The summed E-state index contributed by atoms with van der Waals surface area (Å²) < 4.78 is 0. The highest BCUT2D eigenvalue weighted by molar-refractivity contribution is 5.52. The molecular formula is C20H26O2. The molecule has 0 aliphatic carbocycles. The van der Waals surface area contributed by atoms with E-state index in [4.69, 9.17) is 0 Å². The fourth-order valence-corrected chi connectivity index (χ4v) is 3.40. The Balaban J connectivity index is 2.66. The Bertz CT molecular complexity index is 620. The molecule has 0 bridgehead atoms. The minimum atomic E-state index is -0.427. The van der Waals surface area contributed by atoms with Gasteiger partial charge in [0.1, 0.15) is 11.5 Å². The van der Waals surface area contributed by atoms with Crippen LogP contribution in [-0.4, -0.2) is 10.2 Å². The predicted molar refractivity (Wildman–Crippen MR) is 91.6 cm³/mol. The molecule has 0 amide bonds. The second-order valence-corrected chi connectivity index (χ2v) is 6.97. The van der Waals surface area contributed by atoms with Crippen LogP contribution >= 0.6 is 0 Å². The Labute approximate surface area is 133 Å². The summed E-state index contributed by atoms with van der Waals surface area (Å²) in [5.41, 5.74) is 3.36. The molecule has 2 nitrogen and oxygen atoms in total. The third-order valence-electron chi connectivity index (χ3n) is 4.31. The topological polar surface area (TPSA) is 40.5 Å². The highest BCUT2D eigenvalue weighted by Gasteiger charge is 2.34. The lowest BCUT2D eigenvalue weighted by Gasteiger charge is -2.34. The molecule has 0 radical (unpaired) electrons. The lowest BCUT2D eigenvalue weighted by Crippen LogP contribution is -2.26. The molecule has 0 aliphatic rings. The number of benzene rings is 2. The molecule has 0 fully saturated rings. The molecule has 2 heteroatoms. The molecule has 2 aromatic rings. The van der Waals surface area contributed by atoms with Crippen LogP contribution in [0.25, 0.3) is 0 Å². The molecule has 0 aromatic heterocycles. The van der Waals surface area contributed by atoms with Crippen molar-refractivity contribution in [3.05, 3.63) is 58.7 Å². The van der Waals surface area contributed by atoms with E-state index in [0.29, 0.717) is 17.4 Å². The van der Waals surface area contributed by atoms with E-state index in [9.17, 15) is 10.2 Å². The largest absolute Gasteiger partial charge is 0.508 e. The monoisotopic (exact) mass is 298 g/mol. The quantitative estimate of drug-likeness (QED) is 0.827. The zero-order chi connectivity index (χ0) is 16.5. The number of phenolic OH excluding ortho intramolecular Hbond substituents is 2. The average Bonchev–Trinajstić information content (AvgIpc) is 2.36. The number of hydrogen-bond donors (Lipinski definition) is 2. The van der Waals surface area contributed by atoms with Crippen LogP contribution in [0.1, 0.15) is 49.4 Å². The average molecular weight is 298 g/mol. The van der Waals surface area contributed by atoms with Crippen LogP contribution in [0.2, 0.25) is 0 Å². The van der Waals surface area contributed by atoms with Crippen LogP contribution in [0.15, 0.2) is 36.4 Å². The molecule has 0 heterocycles. The summed E-state index contributed by atoms with van der Waals surface area (Å²) >= 11 is 0. The molecule has 2 aromatic carbocycles. The first-order valence-electron chi connectivity index (χ1n) is 7.84. The SMILES string of the molecule is Cc1ccc(C(C)(CC(C)C)c2ccc(C)cc2O)c(O)c1. The number of rotatable bonds is 4. The van der Waals surface area contributed by atoms with Gasteiger partial charge in [0.25, 0.3) is 0 Å². The lowest BCUT2D eigenvalue weighted by molar-refractivity contribution is 0.380. The number of phenols is 2. The van der Waals surface area contributed by atoms with E-state index >= 15 is 0 Å². The van der Waals surface area contributed by atoms with E-state index in [1.807, 2.05) is 38.1 Å². The minimum absolute atomic E-state index is 0.295. The van der Waals surface area contributed by atoms with Crippen LogP contribution in [0.3, 0.4) is 0 Å². The van der Waals surface area contributed by atoms with E-state index in [2.05, 4.69) is 20.8 Å². The van der Waals surface area contributed by atoms with Gasteiger partial charge in [-0.1, -0.05) is 45.0 Å². The van der Waals surface area contributed by atoms with Crippen LogP contribution in [0.4, 0.5) is 0 Å². The minimum Gasteiger partial charge on any atom is -0.508 e. The fourth-order valence-electron chi connectivity index (χ4n) is 3.40. The van der Waals surface area contributed by atoms with Crippen molar-refractivity contribution in [3.63, 3.8) is 0 Å². The van der Waals surface area contributed by atoms with Gasteiger partial charge in [-0.25, -0.2) is 0 Å². The van der Waals surface area contributed by atoms with Gasteiger partial charge in [0.05, 0.1) is 0 Å². The Kier molecular flexibility index (Phi) is 4.50. The molecule has 0 saturated heterocycles.